The monoisotopic (exact) mass is 941 g/mol. The number of hydrogen-bond donors (Lipinski definition) is 1. The van der Waals surface area contributed by atoms with E-state index in [1.54, 1.807) is 18.5 Å². The van der Waals surface area contributed by atoms with Gasteiger partial charge in [-0.2, -0.15) is 26.3 Å². The van der Waals surface area contributed by atoms with E-state index in [4.69, 9.17) is 30.2 Å². The number of benzene rings is 2. The summed E-state index contributed by atoms with van der Waals surface area (Å²) in [6, 6.07) is 5.74. The molecule has 4 heterocycles. The molecule has 0 saturated carbocycles. The minimum atomic E-state index is -4.59. The van der Waals surface area contributed by atoms with Crippen molar-refractivity contribution in [1.29, 1.82) is 0 Å². The molecule has 0 fully saturated rings. The predicted octanol–water partition coefficient (Wildman–Crippen LogP) is 6.50. The molecule has 0 spiro atoms. The fourth-order valence-corrected chi connectivity index (χ4v) is 6.43. The molecule has 0 unspecified atom stereocenters. The van der Waals surface area contributed by atoms with E-state index in [2.05, 4.69) is 35.1 Å². The standard InChI is InChI=1S/C21H22F3N5O2.C21H23F3N4O4.CH4.Na.H2O/c1-4-6-15-17(8-7-16-19(15)31-28-20(16)21(22,23)24)30-10-5-9-29(3)18-13-26-14(11-25-2)12-27-18;1-3-5-14-16(7-6-15-19(14)32-27-20(15)21(22,23)24)31-9-4-8-28(2)17-12-25-13(11-26-17)10-18(29)30;;;/h7-8,12-13H,4-6,9-11H2,1,3H3;6-7,11-12H,3-5,8-10H2,1-2H3,(H,29,30);1H4;;1H2/q;;;+1;/p-1. The summed E-state index contributed by atoms with van der Waals surface area (Å²) in [7, 11) is 3.70. The van der Waals surface area contributed by atoms with Gasteiger partial charge in [-0.05, 0) is 49.9 Å². The molecule has 0 aliphatic heterocycles. The number of alkyl halides is 6. The van der Waals surface area contributed by atoms with E-state index < -0.39 is 29.7 Å². The average Bonchev–Trinajstić information content (AvgIpc) is 3.89. The average molecular weight is 942 g/mol. The van der Waals surface area contributed by atoms with Crippen molar-refractivity contribution in [2.24, 2.45) is 0 Å². The molecule has 66 heavy (non-hydrogen) atoms. The minimum Gasteiger partial charge on any atom is -0.870 e. The Morgan fingerprint density at radius 3 is 1.50 bits per heavy atom. The van der Waals surface area contributed by atoms with Crippen LogP contribution in [0.25, 0.3) is 26.8 Å². The second-order valence-corrected chi connectivity index (χ2v) is 14.3. The molecule has 2 aromatic carbocycles. The van der Waals surface area contributed by atoms with Crippen molar-refractivity contribution >= 4 is 39.5 Å². The molecule has 0 amide bonds. The van der Waals surface area contributed by atoms with Gasteiger partial charge in [0.1, 0.15) is 28.8 Å². The molecule has 4 aromatic heterocycles. The number of carbonyl (C=O) groups is 1. The van der Waals surface area contributed by atoms with Crippen LogP contribution in [0, 0.1) is 6.57 Å². The van der Waals surface area contributed by atoms with E-state index in [9.17, 15) is 31.1 Å². The zero-order valence-corrected chi connectivity index (χ0v) is 38.3. The van der Waals surface area contributed by atoms with Gasteiger partial charge in [-0.1, -0.05) is 44.4 Å². The van der Waals surface area contributed by atoms with Crippen LogP contribution in [0.3, 0.4) is 0 Å². The van der Waals surface area contributed by atoms with Gasteiger partial charge in [-0.3, -0.25) is 9.78 Å². The number of hydrogen-bond acceptors (Lipinski definition) is 14. The maximum Gasteiger partial charge on any atom is 1.00 e. The van der Waals surface area contributed by atoms with Gasteiger partial charge in [0.05, 0.1) is 60.9 Å². The minimum absolute atomic E-state index is 0. The number of carboxylic acids is 1. The van der Waals surface area contributed by atoms with Crippen molar-refractivity contribution in [3.63, 3.8) is 0 Å². The molecule has 0 bridgehead atoms. The summed E-state index contributed by atoms with van der Waals surface area (Å²) in [4.78, 5) is 34.5. The Bertz CT molecular complexity index is 2480. The van der Waals surface area contributed by atoms with Crippen LogP contribution in [0.5, 0.6) is 11.5 Å². The number of ether oxygens (including phenoxy) is 2. The van der Waals surface area contributed by atoms with Gasteiger partial charge in [0.2, 0.25) is 0 Å². The summed E-state index contributed by atoms with van der Waals surface area (Å²) in [6.45, 7) is 12.8. The maximum atomic E-state index is 13.1. The first-order valence-corrected chi connectivity index (χ1v) is 19.9. The molecule has 0 radical (unpaired) electrons. The fourth-order valence-electron chi connectivity index (χ4n) is 6.43. The van der Waals surface area contributed by atoms with Gasteiger partial charge in [-0.25, -0.2) is 21.5 Å². The molecular formula is C43H50F6N9NaO7. The fraction of sp³-hybridized carbons (Fsp3) is 0.442. The molecule has 16 nitrogen and oxygen atoms in total. The van der Waals surface area contributed by atoms with Crippen LogP contribution in [-0.4, -0.2) is 87.2 Å². The number of rotatable bonds is 19. The Labute approximate surface area is 399 Å². The van der Waals surface area contributed by atoms with Crippen molar-refractivity contribution in [3.8, 4) is 11.5 Å². The summed E-state index contributed by atoms with van der Waals surface area (Å²) in [5.74, 6) is 1.28. The van der Waals surface area contributed by atoms with E-state index in [1.807, 2.05) is 37.7 Å². The first-order chi connectivity index (χ1) is 30.0. The molecule has 0 atom stereocenters. The van der Waals surface area contributed by atoms with E-state index in [0.29, 0.717) is 104 Å². The van der Waals surface area contributed by atoms with Gasteiger partial charge < -0.3 is 43.7 Å². The van der Waals surface area contributed by atoms with Crippen LogP contribution in [0.15, 0.2) is 58.1 Å². The summed E-state index contributed by atoms with van der Waals surface area (Å²) in [5, 5.41) is 15.1. The first kappa shape index (κ1) is 56.4. The summed E-state index contributed by atoms with van der Waals surface area (Å²) in [6.07, 6.45) is 0.515. The first-order valence-electron chi connectivity index (χ1n) is 19.9. The number of aliphatic carboxylic acids is 1. The molecule has 6 aromatic rings. The Kier molecular flexibility index (Phi) is 22.0. The van der Waals surface area contributed by atoms with E-state index in [1.165, 1.54) is 30.6 Å². The van der Waals surface area contributed by atoms with Crippen molar-refractivity contribution in [2.45, 2.75) is 85.1 Å². The van der Waals surface area contributed by atoms with Crippen molar-refractivity contribution < 1.29 is 89.8 Å². The summed E-state index contributed by atoms with van der Waals surface area (Å²) >= 11 is 0. The molecule has 0 aliphatic carbocycles. The Morgan fingerprint density at radius 2 is 1.15 bits per heavy atom. The number of carboxylic acid groups (broad SMARTS) is 1. The van der Waals surface area contributed by atoms with E-state index in [0.717, 1.165) is 6.42 Å². The van der Waals surface area contributed by atoms with Gasteiger partial charge in [0, 0.05) is 38.3 Å². The zero-order chi connectivity index (χ0) is 45.7. The smallest absolute Gasteiger partial charge is 0.870 e. The second-order valence-electron chi connectivity index (χ2n) is 14.3. The van der Waals surface area contributed by atoms with Crippen LogP contribution < -0.4 is 48.8 Å². The largest absolute Gasteiger partial charge is 1.00 e. The third-order valence-corrected chi connectivity index (χ3v) is 9.47. The SMILES string of the molecule is C.CCCc1c(OCCCN(C)c2cnc(CC(=O)O)cn2)ccc2c(C(F)(F)F)noc12.[C-]#[N+]Cc1cnc(N(C)CCCOc2ccc3c(C(F)(F)F)noc3c2CCC)cn1.[Na+].[OH-]. The van der Waals surface area contributed by atoms with Crippen molar-refractivity contribution in [2.75, 3.05) is 50.2 Å². The topological polar surface area (TPSA) is 200 Å². The molecule has 2 N–H and O–H groups in total. The zero-order valence-electron chi connectivity index (χ0n) is 36.3. The Balaban J connectivity index is 0.000000434. The van der Waals surface area contributed by atoms with Crippen LogP contribution in [0.4, 0.5) is 38.0 Å². The quantitative estimate of drug-likeness (QED) is 0.0399. The number of nitrogens with zero attached hydrogens (tertiary/aromatic N) is 9. The number of anilines is 2. The van der Waals surface area contributed by atoms with E-state index >= 15 is 0 Å². The van der Waals surface area contributed by atoms with Gasteiger partial charge in [0.25, 0.3) is 6.54 Å². The maximum absolute atomic E-state index is 13.1. The number of halogens is 6. The summed E-state index contributed by atoms with van der Waals surface area (Å²) in [5.41, 5.74) is 0.335. The third-order valence-electron chi connectivity index (χ3n) is 9.47. The number of fused-ring (bicyclic) bond motifs is 2. The normalized spacial score (nSPS) is 11.0. The van der Waals surface area contributed by atoms with Gasteiger partial charge >= 0.3 is 47.9 Å². The van der Waals surface area contributed by atoms with Crippen molar-refractivity contribution in [1.82, 2.24) is 30.2 Å². The van der Waals surface area contributed by atoms with Gasteiger partial charge in [-0.15, -0.1) is 0 Å². The Hall–Kier alpha value is -5.76. The molecule has 23 heteroatoms. The number of aryl methyl sites for hydroxylation is 2. The molecule has 0 aliphatic rings. The number of aromatic nitrogens is 6. The van der Waals surface area contributed by atoms with Crippen LogP contribution in [0.2, 0.25) is 0 Å². The van der Waals surface area contributed by atoms with Crippen LogP contribution >= 0.6 is 0 Å². The Morgan fingerprint density at radius 1 is 0.727 bits per heavy atom. The van der Waals surface area contributed by atoms with E-state index in [-0.39, 0.29) is 77.4 Å². The third kappa shape index (κ3) is 14.9. The predicted molar refractivity (Wildman–Crippen MR) is 227 cm³/mol. The molecule has 0 saturated heterocycles. The second kappa shape index (κ2) is 25.8. The van der Waals surface area contributed by atoms with Gasteiger partial charge in [0.15, 0.2) is 22.6 Å². The van der Waals surface area contributed by atoms with Crippen LogP contribution in [0.1, 0.15) is 80.9 Å². The molecule has 6 rings (SSSR count). The summed E-state index contributed by atoms with van der Waals surface area (Å²) < 4.78 is 100. The van der Waals surface area contributed by atoms with Crippen molar-refractivity contribution in [3.05, 3.63) is 94.4 Å². The van der Waals surface area contributed by atoms with Crippen LogP contribution in [-0.2, 0) is 43.0 Å². The molecular weight excluding hydrogens is 892 g/mol. The molecule has 352 valence electrons.